The summed E-state index contributed by atoms with van der Waals surface area (Å²) in [6.07, 6.45) is 7.78. The first-order valence-corrected chi connectivity index (χ1v) is 17.6. The van der Waals surface area contributed by atoms with E-state index in [0.29, 0.717) is 6.54 Å². The molecule has 2 rings (SSSR count). The number of unbranched alkanes of at least 4 members (excludes halogenated alkanes) is 1. The fourth-order valence-corrected chi connectivity index (χ4v) is 6.58. The molecule has 1 amide bonds. The molecule has 0 unspecified atom stereocenters. The van der Waals surface area contributed by atoms with Crippen LogP contribution in [0.4, 0.5) is 0 Å². The van der Waals surface area contributed by atoms with Gasteiger partial charge in [-0.15, -0.1) is 0 Å². The van der Waals surface area contributed by atoms with Crippen LogP contribution in [0.2, 0.25) is 36.3 Å². The molecule has 1 fully saturated rings. The minimum Gasteiger partial charge on any atom is -0.408 e. The molecule has 2 aliphatic rings. The van der Waals surface area contributed by atoms with Gasteiger partial charge in [-0.25, -0.2) is 0 Å². The number of hydrogen-bond donors (Lipinski definition) is 0. The summed E-state index contributed by atoms with van der Waals surface area (Å²) >= 11 is 0. The van der Waals surface area contributed by atoms with E-state index in [9.17, 15) is 4.79 Å². The van der Waals surface area contributed by atoms with E-state index in [-0.39, 0.29) is 27.6 Å². The highest BCUT2D eigenvalue weighted by atomic mass is 28.4. The topological polar surface area (TPSA) is 38.8 Å². The molecule has 30 heavy (non-hydrogen) atoms. The third-order valence-electron chi connectivity index (χ3n) is 8.20. The summed E-state index contributed by atoms with van der Waals surface area (Å²) in [4.78, 5) is 15.9. The van der Waals surface area contributed by atoms with Crippen molar-refractivity contribution >= 4 is 22.5 Å². The van der Waals surface area contributed by atoms with E-state index in [2.05, 4.69) is 91.7 Å². The molecular weight excluding hydrogens is 406 g/mol. The van der Waals surface area contributed by atoms with Crippen molar-refractivity contribution < 1.29 is 13.6 Å². The molecule has 2 heterocycles. The number of amides is 1. The van der Waals surface area contributed by atoms with Crippen LogP contribution >= 0.6 is 0 Å². The Kier molecular flexibility index (Phi) is 7.31. The van der Waals surface area contributed by atoms with Crippen molar-refractivity contribution in [2.24, 2.45) is 0 Å². The maximum atomic E-state index is 13.8. The smallest absolute Gasteiger partial charge is 0.254 e. The number of hydrogen-bond acceptors (Lipinski definition) is 3. The lowest BCUT2D eigenvalue weighted by Crippen LogP contribution is -2.59. The van der Waals surface area contributed by atoms with Crippen molar-refractivity contribution in [3.63, 3.8) is 0 Å². The van der Waals surface area contributed by atoms with Crippen molar-refractivity contribution in [1.29, 1.82) is 0 Å². The summed E-state index contributed by atoms with van der Waals surface area (Å²) in [5, 5.41) is 0.133. The van der Waals surface area contributed by atoms with E-state index in [0.717, 1.165) is 25.7 Å². The SMILES string of the molecule is CCCC[C@@]12CC=CCN1C(=O)[C@@H](O[Si](C)(C)C(C)(C)C)[C@@H]2O[Si](C)(C)C(C)(C)C. The number of carbonyl (C=O) groups is 1. The molecular formula is C24H47NO3Si2. The largest absolute Gasteiger partial charge is 0.408 e. The Morgan fingerprint density at radius 3 is 2.03 bits per heavy atom. The number of nitrogens with zero attached hydrogens (tertiary/aromatic N) is 1. The summed E-state index contributed by atoms with van der Waals surface area (Å²) < 4.78 is 14.0. The normalized spacial score (nSPS) is 28.2. The van der Waals surface area contributed by atoms with E-state index in [1.54, 1.807) is 0 Å². The Morgan fingerprint density at radius 2 is 1.53 bits per heavy atom. The van der Waals surface area contributed by atoms with Crippen molar-refractivity contribution in [2.45, 2.75) is 128 Å². The Labute approximate surface area is 188 Å². The van der Waals surface area contributed by atoms with E-state index < -0.39 is 22.7 Å². The molecule has 0 aromatic heterocycles. The predicted octanol–water partition coefficient (Wildman–Crippen LogP) is 6.50. The van der Waals surface area contributed by atoms with Gasteiger partial charge in [0.25, 0.3) is 5.91 Å². The van der Waals surface area contributed by atoms with Gasteiger partial charge in [-0.05, 0) is 49.1 Å². The molecule has 0 radical (unpaired) electrons. The molecule has 4 nitrogen and oxygen atoms in total. The van der Waals surface area contributed by atoms with E-state index in [4.69, 9.17) is 8.85 Å². The molecule has 1 saturated heterocycles. The van der Waals surface area contributed by atoms with Crippen LogP contribution in [0.1, 0.15) is 74.1 Å². The first-order chi connectivity index (χ1) is 13.5. The minimum absolute atomic E-state index is 0.0483. The van der Waals surface area contributed by atoms with Crippen molar-refractivity contribution in [2.75, 3.05) is 6.54 Å². The van der Waals surface area contributed by atoms with Crippen LogP contribution in [0.15, 0.2) is 12.2 Å². The Morgan fingerprint density at radius 1 is 1.00 bits per heavy atom. The van der Waals surface area contributed by atoms with Gasteiger partial charge in [-0.2, -0.15) is 0 Å². The minimum atomic E-state index is -2.14. The van der Waals surface area contributed by atoms with Crippen LogP contribution in [0.5, 0.6) is 0 Å². The molecule has 0 aromatic carbocycles. The lowest BCUT2D eigenvalue weighted by molar-refractivity contribution is -0.136. The zero-order chi connectivity index (χ0) is 23.2. The molecule has 0 aromatic rings. The molecule has 0 saturated carbocycles. The summed E-state index contributed by atoms with van der Waals surface area (Å²) in [6, 6.07) is 0. The highest BCUT2D eigenvalue weighted by Gasteiger charge is 2.62. The standard InChI is InChI=1S/C24H47NO3Si2/c1-12-13-16-24-17-14-15-18-25(24)21(26)19(27-29(8,9)22(2,3)4)20(24)28-30(10,11)23(5,6)7/h14-15,19-20H,12-13,16-18H2,1-11H3/t19-,20-,24-/m0/s1. The quantitative estimate of drug-likeness (QED) is 0.326. The van der Waals surface area contributed by atoms with Gasteiger partial charge in [0.15, 0.2) is 22.7 Å². The van der Waals surface area contributed by atoms with Gasteiger partial charge < -0.3 is 13.8 Å². The Bertz CT molecular complexity index is 660. The fraction of sp³-hybridized carbons (Fsp3) is 0.875. The molecule has 3 atom stereocenters. The first kappa shape index (κ1) is 25.8. The van der Waals surface area contributed by atoms with Gasteiger partial charge in [0, 0.05) is 6.54 Å². The average molecular weight is 454 g/mol. The van der Waals surface area contributed by atoms with Crippen LogP contribution in [-0.2, 0) is 13.6 Å². The fourth-order valence-electron chi connectivity index (χ4n) is 4.04. The van der Waals surface area contributed by atoms with Gasteiger partial charge in [0.1, 0.15) is 6.10 Å². The maximum Gasteiger partial charge on any atom is 0.254 e. The lowest BCUT2D eigenvalue weighted by Gasteiger charge is -2.48. The number of fused-ring (bicyclic) bond motifs is 1. The molecule has 2 aliphatic heterocycles. The summed E-state index contributed by atoms with van der Waals surface area (Å²) in [7, 11) is -4.23. The van der Waals surface area contributed by atoms with E-state index in [1.807, 2.05) is 0 Å². The van der Waals surface area contributed by atoms with Crippen molar-refractivity contribution in [3.05, 3.63) is 12.2 Å². The Hall–Kier alpha value is -0.436. The second-order valence-electron chi connectivity index (χ2n) is 12.4. The molecule has 0 bridgehead atoms. The van der Waals surface area contributed by atoms with Gasteiger partial charge in [-0.1, -0.05) is 73.5 Å². The van der Waals surface area contributed by atoms with Crippen LogP contribution in [-0.4, -0.2) is 51.7 Å². The zero-order valence-electron chi connectivity index (χ0n) is 21.5. The maximum absolute atomic E-state index is 13.8. The zero-order valence-corrected chi connectivity index (χ0v) is 23.5. The second-order valence-corrected chi connectivity index (χ2v) is 21.9. The Balaban J connectivity index is 2.55. The van der Waals surface area contributed by atoms with E-state index >= 15 is 0 Å². The monoisotopic (exact) mass is 453 g/mol. The third kappa shape index (κ3) is 4.67. The summed E-state index contributed by atoms with van der Waals surface area (Å²) in [5.41, 5.74) is -0.273. The van der Waals surface area contributed by atoms with Crippen LogP contribution in [0.3, 0.4) is 0 Å². The summed E-state index contributed by atoms with van der Waals surface area (Å²) in [5.74, 6) is 0.143. The molecule has 0 N–H and O–H groups in total. The van der Waals surface area contributed by atoms with Crippen LogP contribution < -0.4 is 0 Å². The molecule has 6 heteroatoms. The van der Waals surface area contributed by atoms with Crippen LogP contribution in [0, 0.1) is 0 Å². The predicted molar refractivity (Wildman–Crippen MR) is 132 cm³/mol. The van der Waals surface area contributed by atoms with Gasteiger partial charge in [-0.3, -0.25) is 4.79 Å². The van der Waals surface area contributed by atoms with E-state index in [1.165, 1.54) is 0 Å². The molecule has 0 aliphatic carbocycles. The van der Waals surface area contributed by atoms with Crippen LogP contribution in [0.25, 0.3) is 0 Å². The van der Waals surface area contributed by atoms with Crippen molar-refractivity contribution in [3.8, 4) is 0 Å². The molecule has 0 spiro atoms. The molecule has 174 valence electrons. The number of carbonyl (C=O) groups excluding carboxylic acids is 1. The highest BCUT2D eigenvalue weighted by Crippen LogP contribution is 2.49. The van der Waals surface area contributed by atoms with Gasteiger partial charge in [0.2, 0.25) is 0 Å². The second kappa shape index (κ2) is 8.49. The summed E-state index contributed by atoms with van der Waals surface area (Å²) in [6.45, 7) is 25.5. The van der Waals surface area contributed by atoms with Gasteiger partial charge in [0.05, 0.1) is 5.54 Å². The first-order valence-electron chi connectivity index (χ1n) is 11.8. The average Bonchev–Trinajstić information content (AvgIpc) is 2.80. The van der Waals surface area contributed by atoms with Crippen molar-refractivity contribution in [1.82, 2.24) is 4.90 Å². The third-order valence-corrected chi connectivity index (χ3v) is 17.1. The number of rotatable bonds is 7. The highest BCUT2D eigenvalue weighted by molar-refractivity contribution is 6.74. The lowest BCUT2D eigenvalue weighted by atomic mass is 9.82. The van der Waals surface area contributed by atoms with Gasteiger partial charge >= 0.3 is 0 Å².